The molecule has 0 radical (unpaired) electrons. The van der Waals surface area contributed by atoms with Crippen LogP contribution in [0.5, 0.6) is 17.2 Å². The zero-order valence-corrected chi connectivity index (χ0v) is 17.9. The van der Waals surface area contributed by atoms with E-state index in [2.05, 4.69) is 24.2 Å². The van der Waals surface area contributed by atoms with Gasteiger partial charge >= 0.3 is 0 Å². The van der Waals surface area contributed by atoms with Gasteiger partial charge < -0.3 is 25.3 Å². The maximum atomic E-state index is 5.99. The van der Waals surface area contributed by atoms with Crippen molar-refractivity contribution in [3.8, 4) is 17.2 Å². The predicted molar refractivity (Wildman–Crippen MR) is 118 cm³/mol. The highest BCUT2D eigenvalue weighted by Gasteiger charge is 2.06. The number of benzene rings is 2. The summed E-state index contributed by atoms with van der Waals surface area (Å²) in [6, 6.07) is 13.9. The summed E-state index contributed by atoms with van der Waals surface area (Å²) < 4.78 is 16.4. The van der Waals surface area contributed by atoms with Crippen LogP contribution in [0.15, 0.2) is 47.5 Å². The zero-order valence-electron chi connectivity index (χ0n) is 17.9. The van der Waals surface area contributed by atoms with Crippen LogP contribution in [0.1, 0.15) is 31.4 Å². The minimum absolute atomic E-state index is 0.426. The molecule has 0 spiro atoms. The number of hydrogen-bond donors (Lipinski definition) is 2. The first-order valence-electron chi connectivity index (χ1n) is 9.98. The molecule has 0 aliphatic rings. The Bertz CT molecular complexity index is 773. The monoisotopic (exact) mass is 399 g/mol. The maximum Gasteiger partial charge on any atom is 0.188 e. The number of nitrogens with one attached hydrogen (secondary N) is 1. The van der Waals surface area contributed by atoms with Gasteiger partial charge in [-0.05, 0) is 54.2 Å². The van der Waals surface area contributed by atoms with Gasteiger partial charge in [-0.3, -0.25) is 0 Å². The second kappa shape index (κ2) is 11.8. The van der Waals surface area contributed by atoms with E-state index in [1.807, 2.05) is 42.5 Å². The van der Waals surface area contributed by atoms with E-state index in [4.69, 9.17) is 19.9 Å². The summed E-state index contributed by atoms with van der Waals surface area (Å²) in [6.45, 7) is 6.22. The third-order valence-corrected chi connectivity index (χ3v) is 4.49. The minimum atomic E-state index is 0.426. The van der Waals surface area contributed by atoms with Crippen molar-refractivity contribution in [1.29, 1.82) is 0 Å². The number of ether oxygens (including phenoxy) is 3. The van der Waals surface area contributed by atoms with Crippen molar-refractivity contribution in [1.82, 2.24) is 5.32 Å². The Hall–Kier alpha value is -2.89. The zero-order chi connectivity index (χ0) is 21.1. The fourth-order valence-corrected chi connectivity index (χ4v) is 2.69. The summed E-state index contributed by atoms with van der Waals surface area (Å²) in [5, 5.41) is 3.15. The number of aliphatic imine (C=N–C) groups is 1. The van der Waals surface area contributed by atoms with Gasteiger partial charge in [-0.15, -0.1) is 0 Å². The number of hydrogen-bond acceptors (Lipinski definition) is 4. The molecule has 2 rings (SSSR count). The smallest absolute Gasteiger partial charge is 0.188 e. The highest BCUT2D eigenvalue weighted by atomic mass is 16.5. The van der Waals surface area contributed by atoms with Crippen LogP contribution in [-0.2, 0) is 13.0 Å². The average molecular weight is 400 g/mol. The molecule has 0 heterocycles. The normalized spacial score (nSPS) is 11.4. The fraction of sp³-hybridized carbons (Fsp3) is 0.435. The summed E-state index contributed by atoms with van der Waals surface area (Å²) in [5.74, 6) is 3.36. The van der Waals surface area contributed by atoms with E-state index < -0.39 is 0 Å². The first-order chi connectivity index (χ1) is 14.0. The van der Waals surface area contributed by atoms with E-state index in [-0.39, 0.29) is 0 Å². The lowest BCUT2D eigenvalue weighted by Crippen LogP contribution is -2.33. The predicted octanol–water partition coefficient (Wildman–Crippen LogP) is 3.78. The van der Waals surface area contributed by atoms with Gasteiger partial charge in [0.1, 0.15) is 5.75 Å². The molecule has 0 bridgehead atoms. The molecule has 0 unspecified atom stereocenters. The molecule has 0 saturated carbocycles. The molecule has 0 saturated heterocycles. The standard InChI is InChI=1S/C23H33N3O3/c1-17(2)12-14-29-21-10-7-19(15-22(21)28-4)16-26-23(24)25-13-11-18-5-8-20(27-3)9-6-18/h5-10,15,17H,11-14,16H2,1-4H3,(H3,24,25,26). The third-order valence-electron chi connectivity index (χ3n) is 4.49. The lowest BCUT2D eigenvalue weighted by Gasteiger charge is -2.13. The van der Waals surface area contributed by atoms with Crippen LogP contribution >= 0.6 is 0 Å². The van der Waals surface area contributed by atoms with E-state index in [9.17, 15) is 0 Å². The summed E-state index contributed by atoms with van der Waals surface area (Å²) in [5.41, 5.74) is 8.21. The Morgan fingerprint density at radius 1 is 1.00 bits per heavy atom. The quantitative estimate of drug-likeness (QED) is 0.444. The van der Waals surface area contributed by atoms with E-state index in [0.717, 1.165) is 29.9 Å². The van der Waals surface area contributed by atoms with E-state index in [1.165, 1.54) is 5.56 Å². The van der Waals surface area contributed by atoms with E-state index >= 15 is 0 Å². The molecule has 29 heavy (non-hydrogen) atoms. The molecule has 6 heteroatoms. The molecular formula is C23H33N3O3. The molecule has 3 N–H and O–H groups in total. The number of methoxy groups -OCH3 is 2. The molecular weight excluding hydrogens is 366 g/mol. The van der Waals surface area contributed by atoms with Crippen LogP contribution in [0.4, 0.5) is 0 Å². The number of guanidine groups is 1. The first-order valence-corrected chi connectivity index (χ1v) is 9.98. The van der Waals surface area contributed by atoms with Crippen LogP contribution in [0, 0.1) is 5.92 Å². The number of nitrogens with two attached hydrogens (primary N) is 1. The Morgan fingerprint density at radius 2 is 1.72 bits per heavy atom. The molecule has 0 atom stereocenters. The van der Waals surface area contributed by atoms with Crippen LogP contribution in [0.3, 0.4) is 0 Å². The van der Waals surface area contributed by atoms with Gasteiger partial charge in [0.05, 0.1) is 27.4 Å². The van der Waals surface area contributed by atoms with Crippen molar-refractivity contribution in [2.75, 3.05) is 27.4 Å². The summed E-state index contributed by atoms with van der Waals surface area (Å²) in [6.07, 6.45) is 1.87. The van der Waals surface area contributed by atoms with Gasteiger partial charge in [-0.25, -0.2) is 4.99 Å². The Morgan fingerprint density at radius 3 is 2.38 bits per heavy atom. The van der Waals surface area contributed by atoms with Crippen molar-refractivity contribution >= 4 is 5.96 Å². The van der Waals surface area contributed by atoms with E-state index in [0.29, 0.717) is 37.3 Å². The molecule has 158 valence electrons. The topological polar surface area (TPSA) is 78.1 Å². The molecule has 2 aromatic rings. The molecule has 6 nitrogen and oxygen atoms in total. The molecule has 0 aliphatic carbocycles. The van der Waals surface area contributed by atoms with Gasteiger partial charge in [0.2, 0.25) is 0 Å². The third kappa shape index (κ3) is 7.94. The number of nitrogens with zero attached hydrogens (tertiary/aromatic N) is 1. The summed E-state index contributed by atoms with van der Waals surface area (Å²) in [4.78, 5) is 4.41. The second-order valence-corrected chi connectivity index (χ2v) is 7.24. The van der Waals surface area contributed by atoms with Crippen molar-refractivity contribution < 1.29 is 14.2 Å². The largest absolute Gasteiger partial charge is 0.497 e. The Kier molecular flexibility index (Phi) is 9.15. The molecule has 0 aliphatic heterocycles. The highest BCUT2D eigenvalue weighted by molar-refractivity contribution is 5.77. The van der Waals surface area contributed by atoms with Crippen molar-refractivity contribution in [3.05, 3.63) is 53.6 Å². The van der Waals surface area contributed by atoms with Crippen LogP contribution in [-0.4, -0.2) is 33.3 Å². The number of rotatable bonds is 11. The Labute approximate surface area is 174 Å². The minimum Gasteiger partial charge on any atom is -0.497 e. The lowest BCUT2D eigenvalue weighted by atomic mass is 10.1. The van der Waals surface area contributed by atoms with Crippen molar-refractivity contribution in [2.45, 2.75) is 33.2 Å². The maximum absolute atomic E-state index is 5.99. The van der Waals surface area contributed by atoms with Crippen molar-refractivity contribution in [2.24, 2.45) is 16.6 Å². The van der Waals surface area contributed by atoms with Crippen LogP contribution in [0.25, 0.3) is 0 Å². The second-order valence-electron chi connectivity index (χ2n) is 7.24. The fourth-order valence-electron chi connectivity index (χ4n) is 2.69. The SMILES string of the molecule is COc1ccc(CCNC(N)=NCc2ccc(OCCC(C)C)c(OC)c2)cc1. The molecule has 0 aromatic heterocycles. The van der Waals surface area contributed by atoms with Crippen LogP contribution in [0.2, 0.25) is 0 Å². The Balaban J connectivity index is 1.82. The lowest BCUT2D eigenvalue weighted by molar-refractivity contribution is 0.273. The van der Waals surface area contributed by atoms with Gasteiger partial charge in [-0.2, -0.15) is 0 Å². The van der Waals surface area contributed by atoms with E-state index in [1.54, 1.807) is 14.2 Å². The molecule has 0 fully saturated rings. The molecule has 0 amide bonds. The summed E-state index contributed by atoms with van der Waals surface area (Å²) >= 11 is 0. The highest BCUT2D eigenvalue weighted by Crippen LogP contribution is 2.28. The summed E-state index contributed by atoms with van der Waals surface area (Å²) in [7, 11) is 3.31. The first kappa shape index (κ1) is 22.4. The van der Waals surface area contributed by atoms with Gasteiger partial charge in [0, 0.05) is 6.54 Å². The van der Waals surface area contributed by atoms with Crippen molar-refractivity contribution in [3.63, 3.8) is 0 Å². The average Bonchev–Trinajstić information content (AvgIpc) is 2.73. The van der Waals surface area contributed by atoms with Gasteiger partial charge in [-0.1, -0.05) is 32.0 Å². The van der Waals surface area contributed by atoms with Gasteiger partial charge in [0.25, 0.3) is 0 Å². The van der Waals surface area contributed by atoms with Crippen LogP contribution < -0.4 is 25.3 Å². The molecule has 2 aromatic carbocycles. The van der Waals surface area contributed by atoms with Gasteiger partial charge in [0.15, 0.2) is 17.5 Å².